The van der Waals surface area contributed by atoms with Gasteiger partial charge in [-0.1, -0.05) is 72.1 Å². The highest BCUT2D eigenvalue weighted by Gasteiger charge is 2.39. The van der Waals surface area contributed by atoms with E-state index in [0.29, 0.717) is 23.1 Å². The molecule has 0 spiro atoms. The van der Waals surface area contributed by atoms with E-state index in [9.17, 15) is 9.59 Å². The number of rotatable bonds is 6. The van der Waals surface area contributed by atoms with Crippen molar-refractivity contribution in [2.24, 2.45) is 5.92 Å². The average Bonchev–Trinajstić information content (AvgIpc) is 2.83. The molecule has 3 aromatic carbocycles. The normalized spacial score (nSPS) is 16.2. The number of thioether (sulfide) groups is 1. The smallest absolute Gasteiger partial charge is 0.241 e. The maximum absolute atomic E-state index is 13.7. The predicted molar refractivity (Wildman–Crippen MR) is 141 cm³/mol. The maximum atomic E-state index is 13.7. The first-order valence-electron chi connectivity index (χ1n) is 11.1. The van der Waals surface area contributed by atoms with E-state index in [2.05, 4.69) is 30.4 Å². The van der Waals surface area contributed by atoms with Crippen LogP contribution in [0.2, 0.25) is 10.0 Å². The number of nitrogens with one attached hydrogen (secondary N) is 1. The van der Waals surface area contributed by atoms with Gasteiger partial charge in [-0.3, -0.25) is 9.59 Å². The molecule has 4 rings (SSSR count). The van der Waals surface area contributed by atoms with E-state index >= 15 is 0 Å². The number of hydrogen-bond acceptors (Lipinski definition) is 3. The molecule has 1 N–H and O–H groups in total. The van der Waals surface area contributed by atoms with E-state index in [1.807, 2.05) is 49.1 Å². The van der Waals surface area contributed by atoms with Crippen molar-refractivity contribution in [2.75, 3.05) is 4.90 Å². The van der Waals surface area contributed by atoms with Crippen molar-refractivity contribution < 1.29 is 9.59 Å². The summed E-state index contributed by atoms with van der Waals surface area (Å²) in [7, 11) is 0. The largest absolute Gasteiger partial charge is 0.352 e. The molecule has 2 atom stereocenters. The molecule has 0 aromatic heterocycles. The predicted octanol–water partition coefficient (Wildman–Crippen LogP) is 6.57. The third kappa shape index (κ3) is 5.27. The van der Waals surface area contributed by atoms with Crippen LogP contribution in [0.3, 0.4) is 0 Å². The molecule has 0 unspecified atom stereocenters. The van der Waals surface area contributed by atoms with Gasteiger partial charge in [-0.05, 0) is 54.8 Å². The zero-order valence-corrected chi connectivity index (χ0v) is 21.6. The third-order valence-corrected chi connectivity index (χ3v) is 8.27. The Morgan fingerprint density at radius 3 is 2.59 bits per heavy atom. The van der Waals surface area contributed by atoms with E-state index in [1.54, 1.807) is 12.1 Å². The Hall–Kier alpha value is -2.47. The van der Waals surface area contributed by atoms with Crippen LogP contribution in [-0.2, 0) is 22.7 Å². The molecular weight excluding hydrogens is 487 g/mol. The number of hydrogen-bond donors (Lipinski definition) is 1. The molecule has 2 amide bonds. The minimum atomic E-state index is -0.520. The molecule has 3 aromatic rings. The lowest BCUT2D eigenvalue weighted by atomic mass is 10.0. The number of amides is 2. The fourth-order valence-electron chi connectivity index (χ4n) is 4.00. The molecule has 4 nitrogen and oxygen atoms in total. The topological polar surface area (TPSA) is 49.4 Å². The number of nitrogens with zero attached hydrogens (tertiary/aromatic N) is 1. The fourth-order valence-corrected chi connectivity index (χ4v) is 5.60. The van der Waals surface area contributed by atoms with E-state index in [0.717, 1.165) is 32.8 Å². The van der Waals surface area contributed by atoms with Crippen LogP contribution in [0.1, 0.15) is 29.2 Å². The Morgan fingerprint density at radius 2 is 1.82 bits per heavy atom. The van der Waals surface area contributed by atoms with E-state index in [4.69, 9.17) is 23.2 Å². The van der Waals surface area contributed by atoms with Crippen molar-refractivity contribution in [3.8, 4) is 0 Å². The Balaban J connectivity index is 1.54. The molecular formula is C27H26Cl2N2O2S. The molecule has 0 saturated heterocycles. The van der Waals surface area contributed by atoms with Crippen molar-refractivity contribution in [1.82, 2.24) is 5.32 Å². The van der Waals surface area contributed by atoms with Gasteiger partial charge in [-0.25, -0.2) is 0 Å². The van der Waals surface area contributed by atoms with E-state index in [-0.39, 0.29) is 11.8 Å². The highest BCUT2D eigenvalue weighted by molar-refractivity contribution is 8.01. The first-order chi connectivity index (χ1) is 16.2. The van der Waals surface area contributed by atoms with E-state index in [1.165, 1.54) is 11.8 Å². The first kappa shape index (κ1) is 24.6. The lowest BCUT2D eigenvalue weighted by molar-refractivity contribution is -0.128. The third-order valence-electron chi connectivity index (χ3n) is 6.07. The van der Waals surface area contributed by atoms with Crippen LogP contribution in [0.4, 0.5) is 5.69 Å². The lowest BCUT2D eigenvalue weighted by Gasteiger charge is -2.36. The van der Waals surface area contributed by atoms with Crippen LogP contribution in [-0.4, -0.2) is 17.1 Å². The van der Waals surface area contributed by atoms with Gasteiger partial charge >= 0.3 is 0 Å². The second-order valence-corrected chi connectivity index (χ2v) is 10.6. The van der Waals surface area contributed by atoms with Gasteiger partial charge in [0.25, 0.3) is 0 Å². The molecule has 0 saturated carbocycles. The number of para-hydroxylation sites is 1. The number of benzene rings is 3. The Morgan fingerprint density at radius 1 is 1.06 bits per heavy atom. The van der Waals surface area contributed by atoms with Crippen molar-refractivity contribution >= 4 is 52.5 Å². The molecule has 1 heterocycles. The monoisotopic (exact) mass is 512 g/mol. The van der Waals surface area contributed by atoms with Crippen LogP contribution in [0.5, 0.6) is 0 Å². The summed E-state index contributed by atoms with van der Waals surface area (Å²) in [4.78, 5) is 29.5. The molecule has 1 aliphatic rings. The fraction of sp³-hybridized carbons (Fsp3) is 0.259. The summed E-state index contributed by atoms with van der Waals surface area (Å²) in [6, 6.07) is 19.4. The standard InChI is InChI=1S/C27H26Cl2N2O2S/c1-16-8-9-17(2)20(12-16)15-31-23-6-4-5-7-24(23)34-25(27(31)33)18(3)26(32)30-14-19-10-11-21(28)22(29)13-19/h4-13,18,25H,14-15H2,1-3H3,(H,30,32)/t18-,25+/m0/s1. The van der Waals surface area contributed by atoms with Crippen LogP contribution in [0.25, 0.3) is 0 Å². The van der Waals surface area contributed by atoms with Gasteiger partial charge in [-0.15, -0.1) is 11.8 Å². The highest BCUT2D eigenvalue weighted by atomic mass is 35.5. The van der Waals surface area contributed by atoms with Crippen LogP contribution < -0.4 is 10.2 Å². The Labute approximate surface area is 214 Å². The first-order valence-corrected chi connectivity index (χ1v) is 12.7. The van der Waals surface area contributed by atoms with Gasteiger partial charge in [0, 0.05) is 11.4 Å². The zero-order valence-electron chi connectivity index (χ0n) is 19.3. The minimum absolute atomic E-state index is 0.0539. The van der Waals surface area contributed by atoms with Crippen LogP contribution >= 0.6 is 35.0 Å². The van der Waals surface area contributed by atoms with Crippen molar-refractivity contribution in [2.45, 2.75) is 44.0 Å². The van der Waals surface area contributed by atoms with Gasteiger partial charge in [0.1, 0.15) is 5.25 Å². The molecule has 7 heteroatoms. The zero-order chi connectivity index (χ0) is 24.4. The number of halogens is 2. The number of aryl methyl sites for hydroxylation is 2. The molecule has 0 bridgehead atoms. The second-order valence-electron chi connectivity index (χ2n) is 8.62. The molecule has 176 valence electrons. The van der Waals surface area contributed by atoms with Gasteiger partial charge in [-0.2, -0.15) is 0 Å². The summed E-state index contributed by atoms with van der Waals surface area (Å²) >= 11 is 13.5. The summed E-state index contributed by atoms with van der Waals surface area (Å²) in [6.45, 7) is 6.70. The summed E-state index contributed by atoms with van der Waals surface area (Å²) in [6.07, 6.45) is 0. The molecule has 34 heavy (non-hydrogen) atoms. The summed E-state index contributed by atoms with van der Waals surface area (Å²) in [5, 5.41) is 3.34. The summed E-state index contributed by atoms with van der Waals surface area (Å²) in [5.41, 5.74) is 5.13. The van der Waals surface area contributed by atoms with Crippen molar-refractivity contribution in [3.63, 3.8) is 0 Å². The van der Waals surface area contributed by atoms with Crippen LogP contribution in [0.15, 0.2) is 65.6 Å². The number of fused-ring (bicyclic) bond motifs is 1. The van der Waals surface area contributed by atoms with Crippen molar-refractivity contribution in [3.05, 3.63) is 93.0 Å². The quantitative estimate of drug-likeness (QED) is 0.406. The number of carbonyl (C=O) groups excluding carboxylic acids is 2. The Bertz CT molecular complexity index is 1250. The van der Waals surface area contributed by atoms with Gasteiger partial charge in [0.2, 0.25) is 11.8 Å². The Kier molecular flexibility index (Phi) is 7.56. The van der Waals surface area contributed by atoms with Crippen LogP contribution in [0, 0.1) is 19.8 Å². The highest BCUT2D eigenvalue weighted by Crippen LogP contribution is 2.42. The average molecular weight is 513 g/mol. The molecule has 0 fully saturated rings. The molecule has 1 aliphatic heterocycles. The van der Waals surface area contributed by atoms with Gasteiger partial charge in [0.15, 0.2) is 0 Å². The lowest BCUT2D eigenvalue weighted by Crippen LogP contribution is -2.47. The van der Waals surface area contributed by atoms with E-state index < -0.39 is 11.2 Å². The SMILES string of the molecule is Cc1ccc(C)c(CN2C(=O)[C@@H]([C@H](C)C(=O)NCc3ccc(Cl)c(Cl)c3)Sc3ccccc32)c1. The summed E-state index contributed by atoms with van der Waals surface area (Å²) in [5.74, 6) is -0.750. The second kappa shape index (κ2) is 10.4. The van der Waals surface area contributed by atoms with Gasteiger partial charge in [0.05, 0.1) is 28.2 Å². The van der Waals surface area contributed by atoms with Crippen molar-refractivity contribution in [1.29, 1.82) is 0 Å². The number of carbonyl (C=O) groups is 2. The van der Waals surface area contributed by atoms with Gasteiger partial charge < -0.3 is 10.2 Å². The maximum Gasteiger partial charge on any atom is 0.241 e. The summed E-state index contributed by atoms with van der Waals surface area (Å²) < 4.78 is 0. The molecule has 0 aliphatic carbocycles. The molecule has 0 radical (unpaired) electrons. The number of anilines is 1. The minimum Gasteiger partial charge on any atom is -0.352 e.